The maximum absolute atomic E-state index is 14.1. The van der Waals surface area contributed by atoms with E-state index in [0.29, 0.717) is 29.2 Å². The molecule has 1 aromatic heterocycles. The van der Waals surface area contributed by atoms with Gasteiger partial charge in [-0.05, 0) is 57.2 Å². The number of benzene rings is 1. The van der Waals surface area contributed by atoms with E-state index in [1.165, 1.54) is 6.07 Å². The first kappa shape index (κ1) is 19.9. The first-order valence-electron chi connectivity index (χ1n) is 10.6. The number of likely N-dealkylation sites (N-methyl/N-ethyl adjacent to an activating group) is 1. The van der Waals surface area contributed by atoms with Crippen molar-refractivity contribution >= 4 is 22.7 Å². The molecular formula is C22H29FN4O2. The molecule has 7 heteroatoms. The normalized spacial score (nSPS) is 23.6. The summed E-state index contributed by atoms with van der Waals surface area (Å²) in [7, 11) is 0. The largest absolute Gasteiger partial charge is 0.350 e. The van der Waals surface area contributed by atoms with Crippen LogP contribution in [0.25, 0.3) is 10.9 Å². The number of aromatic nitrogens is 1. The lowest BCUT2D eigenvalue weighted by Crippen LogP contribution is -2.55. The number of halogens is 1. The molecule has 156 valence electrons. The summed E-state index contributed by atoms with van der Waals surface area (Å²) < 4.78 is 14.1. The molecule has 2 N–H and O–H groups in total. The summed E-state index contributed by atoms with van der Waals surface area (Å²) in [5.41, 5.74) is 1.97. The molecule has 0 spiro atoms. The van der Waals surface area contributed by atoms with E-state index >= 15 is 0 Å². The van der Waals surface area contributed by atoms with Crippen LogP contribution in [0.3, 0.4) is 0 Å². The topological polar surface area (TPSA) is 68.4 Å². The Labute approximate surface area is 170 Å². The summed E-state index contributed by atoms with van der Waals surface area (Å²) in [5, 5.41) is 3.57. The number of fused-ring (bicyclic) bond motifs is 1. The van der Waals surface area contributed by atoms with Crippen LogP contribution in [0, 0.1) is 12.7 Å². The van der Waals surface area contributed by atoms with Gasteiger partial charge in [0.2, 0.25) is 5.91 Å². The molecule has 4 rings (SSSR count). The van der Waals surface area contributed by atoms with E-state index in [1.807, 2.05) is 18.7 Å². The number of nitrogens with one attached hydrogen (secondary N) is 2. The summed E-state index contributed by atoms with van der Waals surface area (Å²) in [6.07, 6.45) is 3.86. The van der Waals surface area contributed by atoms with Crippen molar-refractivity contribution in [3.8, 4) is 0 Å². The molecule has 1 saturated heterocycles. The number of carbonyl (C=O) groups excluding carboxylic acids is 2. The van der Waals surface area contributed by atoms with Crippen molar-refractivity contribution in [2.24, 2.45) is 0 Å². The van der Waals surface area contributed by atoms with E-state index in [4.69, 9.17) is 0 Å². The number of carbonyl (C=O) groups is 2. The number of piperazine rings is 1. The lowest BCUT2D eigenvalue weighted by atomic mass is 9.89. The Hall–Kier alpha value is -2.41. The van der Waals surface area contributed by atoms with E-state index in [9.17, 15) is 14.0 Å². The predicted octanol–water partition coefficient (Wildman–Crippen LogP) is 2.82. The maximum Gasteiger partial charge on any atom is 0.267 e. The number of amides is 2. The van der Waals surface area contributed by atoms with E-state index < -0.39 is 0 Å². The highest BCUT2D eigenvalue weighted by Gasteiger charge is 2.32. The fourth-order valence-corrected chi connectivity index (χ4v) is 4.71. The van der Waals surface area contributed by atoms with Crippen molar-refractivity contribution in [1.82, 2.24) is 20.1 Å². The van der Waals surface area contributed by atoms with Crippen LogP contribution in [0.4, 0.5) is 4.39 Å². The summed E-state index contributed by atoms with van der Waals surface area (Å²) in [6.45, 7) is 6.82. The van der Waals surface area contributed by atoms with Gasteiger partial charge in [-0.15, -0.1) is 0 Å². The lowest BCUT2D eigenvalue weighted by Gasteiger charge is -2.41. The molecule has 1 aliphatic heterocycles. The van der Waals surface area contributed by atoms with E-state index in [1.54, 1.807) is 12.1 Å². The molecule has 2 fully saturated rings. The fraction of sp³-hybridized carbons (Fsp3) is 0.545. The quantitative estimate of drug-likeness (QED) is 0.829. The fourth-order valence-electron chi connectivity index (χ4n) is 4.71. The van der Waals surface area contributed by atoms with Gasteiger partial charge in [0.15, 0.2) is 0 Å². The van der Waals surface area contributed by atoms with Crippen LogP contribution >= 0.6 is 0 Å². The van der Waals surface area contributed by atoms with Gasteiger partial charge >= 0.3 is 0 Å². The third-order valence-corrected chi connectivity index (χ3v) is 6.42. The molecule has 1 saturated carbocycles. The molecule has 2 amide bonds. The second kappa shape index (κ2) is 8.14. The molecule has 0 radical (unpaired) electrons. The third-order valence-electron chi connectivity index (χ3n) is 6.42. The van der Waals surface area contributed by atoms with Gasteiger partial charge in [-0.1, -0.05) is 6.07 Å². The molecule has 29 heavy (non-hydrogen) atoms. The minimum Gasteiger partial charge on any atom is -0.350 e. The Balaban J connectivity index is 1.41. The highest BCUT2D eigenvalue weighted by molar-refractivity contribution is 5.99. The molecule has 2 heterocycles. The number of aromatic amines is 1. The Morgan fingerprint density at radius 1 is 1.31 bits per heavy atom. The van der Waals surface area contributed by atoms with Gasteiger partial charge in [0, 0.05) is 37.1 Å². The zero-order valence-electron chi connectivity index (χ0n) is 17.1. The Morgan fingerprint density at radius 2 is 2.14 bits per heavy atom. The van der Waals surface area contributed by atoms with Crippen molar-refractivity contribution in [2.45, 2.75) is 51.6 Å². The first-order chi connectivity index (χ1) is 14.0. The van der Waals surface area contributed by atoms with Crippen LogP contribution in [-0.2, 0) is 4.79 Å². The standard InChI is InChI=1S/C22H29FN4O2/c1-3-26-9-10-27(13-20(26)28)16-6-4-5-15(11-16)24-22(29)19-12-17-18(23)8-7-14(2)21(17)25-19/h7-8,12,15-16,25H,3-6,9-11,13H2,1-2H3,(H,24,29)/t15-,16+/m1/s1. The molecule has 0 bridgehead atoms. The maximum atomic E-state index is 14.1. The van der Waals surface area contributed by atoms with Crippen LogP contribution in [-0.4, -0.2) is 64.9 Å². The summed E-state index contributed by atoms with van der Waals surface area (Å²) >= 11 is 0. The van der Waals surface area contributed by atoms with Gasteiger partial charge in [-0.25, -0.2) is 4.39 Å². The average Bonchev–Trinajstić information content (AvgIpc) is 3.18. The highest BCUT2D eigenvalue weighted by atomic mass is 19.1. The smallest absolute Gasteiger partial charge is 0.267 e. The molecule has 6 nitrogen and oxygen atoms in total. The van der Waals surface area contributed by atoms with Crippen LogP contribution in [0.2, 0.25) is 0 Å². The van der Waals surface area contributed by atoms with Crippen molar-refractivity contribution in [1.29, 1.82) is 0 Å². The van der Waals surface area contributed by atoms with E-state index in [0.717, 1.165) is 50.9 Å². The second-order valence-electron chi connectivity index (χ2n) is 8.27. The summed E-state index contributed by atoms with van der Waals surface area (Å²) in [6, 6.07) is 5.12. The van der Waals surface area contributed by atoms with Crippen molar-refractivity contribution in [3.05, 3.63) is 35.3 Å². The number of H-pyrrole nitrogens is 1. The minimum absolute atomic E-state index is 0.0675. The molecule has 2 atom stereocenters. The van der Waals surface area contributed by atoms with Crippen LogP contribution in [0.15, 0.2) is 18.2 Å². The highest BCUT2D eigenvalue weighted by Crippen LogP contribution is 2.26. The van der Waals surface area contributed by atoms with Gasteiger partial charge in [-0.2, -0.15) is 0 Å². The predicted molar refractivity (Wildman–Crippen MR) is 110 cm³/mol. The summed E-state index contributed by atoms with van der Waals surface area (Å²) in [4.78, 5) is 32.3. The third kappa shape index (κ3) is 4.01. The first-order valence-corrected chi connectivity index (χ1v) is 10.6. The molecule has 2 aliphatic rings. The monoisotopic (exact) mass is 400 g/mol. The zero-order valence-corrected chi connectivity index (χ0v) is 17.1. The molecule has 2 aromatic rings. The van der Waals surface area contributed by atoms with Gasteiger partial charge in [0.05, 0.1) is 12.1 Å². The van der Waals surface area contributed by atoms with E-state index in [2.05, 4.69) is 15.2 Å². The Kier molecular flexibility index (Phi) is 5.58. The summed E-state index contributed by atoms with van der Waals surface area (Å²) in [5.74, 6) is -0.326. The Bertz CT molecular complexity index is 886. The number of hydrogen-bond donors (Lipinski definition) is 2. The second-order valence-corrected chi connectivity index (χ2v) is 8.27. The molecule has 1 aromatic carbocycles. The lowest BCUT2D eigenvalue weighted by molar-refractivity contribution is -0.137. The van der Waals surface area contributed by atoms with Crippen molar-refractivity contribution in [3.63, 3.8) is 0 Å². The van der Waals surface area contributed by atoms with E-state index in [-0.39, 0.29) is 23.7 Å². The SMILES string of the molecule is CCN1CCN([C@H]2CCC[C@@H](NC(=O)c3cc4c(F)ccc(C)c4[nH]3)C2)CC1=O. The molecule has 1 aliphatic carbocycles. The Morgan fingerprint density at radius 3 is 2.86 bits per heavy atom. The van der Waals surface area contributed by atoms with Gasteiger partial charge in [-0.3, -0.25) is 14.5 Å². The average molecular weight is 400 g/mol. The molecular weight excluding hydrogens is 371 g/mol. The minimum atomic E-state index is -0.325. The number of rotatable bonds is 4. The zero-order chi connectivity index (χ0) is 20.5. The van der Waals surface area contributed by atoms with Gasteiger partial charge in [0.25, 0.3) is 5.91 Å². The van der Waals surface area contributed by atoms with Gasteiger partial charge in [0.1, 0.15) is 11.5 Å². The number of aryl methyl sites for hydroxylation is 1. The van der Waals surface area contributed by atoms with Crippen molar-refractivity contribution in [2.75, 3.05) is 26.2 Å². The number of hydrogen-bond acceptors (Lipinski definition) is 3. The van der Waals surface area contributed by atoms with Crippen LogP contribution < -0.4 is 5.32 Å². The van der Waals surface area contributed by atoms with Crippen molar-refractivity contribution < 1.29 is 14.0 Å². The van der Waals surface area contributed by atoms with Gasteiger partial charge < -0.3 is 15.2 Å². The number of nitrogens with zero attached hydrogens (tertiary/aromatic N) is 2. The van der Waals surface area contributed by atoms with Crippen LogP contribution in [0.5, 0.6) is 0 Å². The van der Waals surface area contributed by atoms with Crippen LogP contribution in [0.1, 0.15) is 48.7 Å². The molecule has 0 unspecified atom stereocenters.